The monoisotopic (exact) mass is 502 g/mol. The summed E-state index contributed by atoms with van der Waals surface area (Å²) in [4.78, 5) is 16.2. The van der Waals surface area contributed by atoms with E-state index < -0.39 is 0 Å². The molecular formula is C30H39FN6. The van der Waals surface area contributed by atoms with Crippen molar-refractivity contribution in [2.45, 2.75) is 40.0 Å². The average molecular weight is 503 g/mol. The maximum Gasteiger partial charge on any atom is 0.139 e. The molecule has 0 saturated carbocycles. The highest BCUT2D eigenvalue weighted by Crippen LogP contribution is 2.41. The van der Waals surface area contributed by atoms with Crippen LogP contribution in [0.4, 0.5) is 10.2 Å². The maximum absolute atomic E-state index is 13.1. The number of halogens is 1. The summed E-state index contributed by atoms with van der Waals surface area (Å²) in [6.45, 7) is 12.2. The van der Waals surface area contributed by atoms with Crippen LogP contribution in [0.2, 0.25) is 0 Å². The molecule has 4 heterocycles. The van der Waals surface area contributed by atoms with Gasteiger partial charge in [0.2, 0.25) is 0 Å². The molecule has 196 valence electrons. The minimum atomic E-state index is -0.290. The second-order valence-corrected chi connectivity index (χ2v) is 11.4. The predicted molar refractivity (Wildman–Crippen MR) is 147 cm³/mol. The van der Waals surface area contributed by atoms with Crippen LogP contribution in [0.5, 0.6) is 0 Å². The Hall–Kier alpha value is -2.98. The number of hydrogen-bond acceptors (Lipinski definition) is 6. The van der Waals surface area contributed by atoms with Crippen LogP contribution in [0.15, 0.2) is 40.9 Å². The van der Waals surface area contributed by atoms with Crippen molar-refractivity contribution < 1.29 is 4.39 Å². The summed E-state index contributed by atoms with van der Waals surface area (Å²) in [5.74, 6) is 1.54. The van der Waals surface area contributed by atoms with Crippen molar-refractivity contribution >= 4 is 18.0 Å². The topological polar surface area (TPSA) is 59.3 Å². The van der Waals surface area contributed by atoms with Gasteiger partial charge in [-0.3, -0.25) is 9.29 Å². The van der Waals surface area contributed by atoms with Crippen LogP contribution in [0.25, 0.3) is 12.2 Å². The molecule has 4 aliphatic rings. The van der Waals surface area contributed by atoms with E-state index in [9.17, 15) is 9.65 Å². The van der Waals surface area contributed by atoms with Gasteiger partial charge < -0.3 is 9.80 Å². The first-order chi connectivity index (χ1) is 17.9. The third kappa shape index (κ3) is 4.96. The van der Waals surface area contributed by atoms with E-state index in [1.54, 1.807) is 6.33 Å². The average Bonchev–Trinajstić information content (AvgIpc) is 3.27. The Morgan fingerprint density at radius 1 is 1.24 bits per heavy atom. The van der Waals surface area contributed by atoms with Crippen molar-refractivity contribution in [1.29, 1.82) is 5.26 Å². The van der Waals surface area contributed by atoms with E-state index in [4.69, 9.17) is 0 Å². The Morgan fingerprint density at radius 2 is 2.00 bits per heavy atom. The summed E-state index contributed by atoms with van der Waals surface area (Å²) in [5.41, 5.74) is 5.02. The highest BCUT2D eigenvalue weighted by Gasteiger charge is 2.45. The molecule has 0 amide bonds. The number of likely N-dealkylation sites (tertiary alicyclic amines) is 1. The van der Waals surface area contributed by atoms with E-state index in [2.05, 4.69) is 64.8 Å². The molecule has 5 rings (SSSR count). The van der Waals surface area contributed by atoms with Gasteiger partial charge in [0.1, 0.15) is 23.9 Å². The molecule has 0 radical (unpaired) electrons. The molecule has 37 heavy (non-hydrogen) atoms. The summed E-state index contributed by atoms with van der Waals surface area (Å²) in [6, 6.07) is 2.29. The summed E-state index contributed by atoms with van der Waals surface area (Å²) in [5, 5.41) is 11.4. The molecule has 6 nitrogen and oxygen atoms in total. The third-order valence-corrected chi connectivity index (χ3v) is 9.03. The molecule has 1 spiro atoms. The van der Waals surface area contributed by atoms with Gasteiger partial charge in [0.15, 0.2) is 0 Å². The largest absolute Gasteiger partial charge is 0.362 e. The van der Waals surface area contributed by atoms with Crippen LogP contribution >= 0.6 is 0 Å². The lowest BCUT2D eigenvalue weighted by Gasteiger charge is -2.54. The zero-order valence-corrected chi connectivity index (χ0v) is 22.7. The fraction of sp³-hybridized carbons (Fsp3) is 0.567. The quantitative estimate of drug-likeness (QED) is 0.596. The lowest BCUT2D eigenvalue weighted by molar-refractivity contribution is 0.0811. The number of likely N-dealkylation sites (N-methyl/N-ethyl adjacent to an activating group) is 1. The van der Waals surface area contributed by atoms with Gasteiger partial charge in [-0.1, -0.05) is 25.2 Å². The number of allylic oxidation sites excluding steroid dienone is 2. The van der Waals surface area contributed by atoms with Crippen molar-refractivity contribution in [3.05, 3.63) is 51.5 Å². The minimum Gasteiger partial charge on any atom is -0.362 e. The number of hydrogen-bond donors (Lipinski definition) is 0. The molecular weight excluding hydrogens is 463 g/mol. The van der Waals surface area contributed by atoms with Gasteiger partial charge in [0.05, 0.1) is 12.0 Å². The van der Waals surface area contributed by atoms with Crippen LogP contribution in [-0.4, -0.2) is 72.8 Å². The molecule has 1 aromatic heterocycles. The highest BCUT2D eigenvalue weighted by atomic mass is 19.1. The van der Waals surface area contributed by atoms with Gasteiger partial charge in [0, 0.05) is 43.9 Å². The third-order valence-electron chi connectivity index (χ3n) is 9.03. The van der Waals surface area contributed by atoms with Crippen LogP contribution in [0.1, 0.15) is 40.0 Å². The number of nitriles is 1. The normalized spacial score (nSPS) is 26.6. The first kappa shape index (κ1) is 25.7. The van der Waals surface area contributed by atoms with E-state index in [0.717, 1.165) is 61.4 Å². The first-order valence-electron chi connectivity index (χ1n) is 13.6. The van der Waals surface area contributed by atoms with Gasteiger partial charge in [-0.2, -0.15) is 5.26 Å². The van der Waals surface area contributed by atoms with Gasteiger partial charge in [-0.25, -0.2) is 9.97 Å². The maximum atomic E-state index is 13.1. The van der Waals surface area contributed by atoms with Crippen LogP contribution < -0.4 is 15.5 Å². The Balaban J connectivity index is 1.21. The summed E-state index contributed by atoms with van der Waals surface area (Å²) in [6.07, 6.45) is 13.3. The number of piperidine rings is 1. The fourth-order valence-electron chi connectivity index (χ4n) is 6.45. The van der Waals surface area contributed by atoms with E-state index in [0.29, 0.717) is 17.8 Å². The first-order valence-corrected chi connectivity index (χ1v) is 13.6. The second-order valence-electron chi connectivity index (χ2n) is 11.4. The Labute approximate surface area is 220 Å². The lowest BCUT2D eigenvalue weighted by atomic mass is 9.71. The molecule has 2 unspecified atom stereocenters. The molecule has 1 aliphatic carbocycles. The van der Waals surface area contributed by atoms with E-state index >= 15 is 0 Å². The second kappa shape index (κ2) is 10.4. The predicted octanol–water partition coefficient (Wildman–Crippen LogP) is 3.18. The molecule has 2 fully saturated rings. The molecule has 0 bridgehead atoms. The van der Waals surface area contributed by atoms with Crippen molar-refractivity contribution in [3.8, 4) is 6.07 Å². The lowest BCUT2D eigenvalue weighted by Crippen LogP contribution is -2.62. The van der Waals surface area contributed by atoms with Crippen molar-refractivity contribution in [1.82, 2.24) is 19.8 Å². The van der Waals surface area contributed by atoms with Crippen molar-refractivity contribution in [2.75, 3.05) is 57.9 Å². The molecule has 1 aromatic rings. The van der Waals surface area contributed by atoms with Gasteiger partial charge >= 0.3 is 0 Å². The van der Waals surface area contributed by atoms with E-state index in [-0.39, 0.29) is 12.6 Å². The summed E-state index contributed by atoms with van der Waals surface area (Å²) < 4.78 is 13.1. The van der Waals surface area contributed by atoms with Crippen molar-refractivity contribution in [2.24, 2.45) is 17.3 Å². The zero-order valence-electron chi connectivity index (χ0n) is 22.7. The van der Waals surface area contributed by atoms with Crippen molar-refractivity contribution in [3.63, 3.8) is 0 Å². The standard InChI is InChI=1S/C30H39FN6/c1-5-23(22(3)25-13-26(15-32)35(4)16-25)17-36-10-7-30(8-11-36)18-37(19-30)29-27-14-24(6-9-31)21(2)12-28(27)33-20-34-29/h5,12-14,20-21,24H,6-11,16-19H2,1-4H3/b23-5-,25-22-. The number of fused-ring (bicyclic) bond motifs is 1. The number of nitrogens with zero attached hydrogens (tertiary/aromatic N) is 6. The van der Waals surface area contributed by atoms with Gasteiger partial charge in [-0.05, 0) is 80.8 Å². The number of anilines is 1. The van der Waals surface area contributed by atoms with E-state index in [1.165, 1.54) is 29.6 Å². The number of alkyl halides is 1. The SMILES string of the molecule is C/C=C(CN1CCC2(CC1)CN(c1ncnc3c1=CC(CCF)C(C)C=3)C2)\C(C)=C1\C=C(C#N)N(C)C1. The van der Waals surface area contributed by atoms with E-state index in [1.807, 2.05) is 18.0 Å². The summed E-state index contributed by atoms with van der Waals surface area (Å²) >= 11 is 0. The Kier molecular flexibility index (Phi) is 7.22. The summed E-state index contributed by atoms with van der Waals surface area (Å²) in [7, 11) is 1.98. The number of rotatable bonds is 6. The highest BCUT2D eigenvalue weighted by molar-refractivity contribution is 5.53. The minimum absolute atomic E-state index is 0.214. The van der Waals surface area contributed by atoms with Crippen LogP contribution in [0, 0.1) is 28.6 Å². The van der Waals surface area contributed by atoms with Gasteiger partial charge in [-0.15, -0.1) is 0 Å². The van der Waals surface area contributed by atoms with Crippen LogP contribution in [-0.2, 0) is 0 Å². The Morgan fingerprint density at radius 3 is 2.65 bits per heavy atom. The van der Waals surface area contributed by atoms with Crippen LogP contribution in [0.3, 0.4) is 0 Å². The Bertz CT molecular complexity index is 1290. The number of aromatic nitrogens is 2. The fourth-order valence-corrected chi connectivity index (χ4v) is 6.45. The molecule has 2 saturated heterocycles. The molecule has 7 heteroatoms. The zero-order chi connectivity index (χ0) is 26.2. The molecule has 0 N–H and O–H groups in total. The smallest absolute Gasteiger partial charge is 0.139 e. The molecule has 3 aliphatic heterocycles. The van der Waals surface area contributed by atoms with Gasteiger partial charge in [0.25, 0.3) is 0 Å². The molecule has 2 atom stereocenters. The molecule has 0 aromatic carbocycles.